The number of nitrogens with zero attached hydrogens (tertiary/aromatic N) is 5. The largest absolute Gasteiger partial charge is 0.338 e. The molecule has 0 N–H and O–H groups in total. The van der Waals surface area contributed by atoms with Crippen LogP contribution in [-0.4, -0.2) is 70.0 Å². The van der Waals surface area contributed by atoms with Crippen molar-refractivity contribution in [3.63, 3.8) is 0 Å². The van der Waals surface area contributed by atoms with Crippen LogP contribution in [0.5, 0.6) is 0 Å². The molecule has 1 saturated heterocycles. The summed E-state index contributed by atoms with van der Waals surface area (Å²) in [5.41, 5.74) is -0.131. The third-order valence-corrected chi connectivity index (χ3v) is 7.73. The number of benzene rings is 2. The van der Waals surface area contributed by atoms with Crippen LogP contribution in [0.15, 0.2) is 58.5 Å². The lowest BCUT2D eigenvalue weighted by Gasteiger charge is -2.34. The summed E-state index contributed by atoms with van der Waals surface area (Å²) in [4.78, 5) is 52.8. The Balaban J connectivity index is 1.43. The Morgan fingerprint density at radius 2 is 1.71 bits per heavy atom. The molecule has 2 heterocycles. The van der Waals surface area contributed by atoms with Gasteiger partial charge in [-0.1, -0.05) is 12.1 Å². The number of hydrogen-bond acceptors (Lipinski definition) is 8. The van der Waals surface area contributed by atoms with Crippen LogP contribution in [0.4, 0.5) is 5.69 Å². The second-order valence-electron chi connectivity index (χ2n) is 8.00. The zero-order valence-corrected chi connectivity index (χ0v) is 19.5. The quantitative estimate of drug-likeness (QED) is 0.277. The van der Waals surface area contributed by atoms with E-state index in [1.165, 1.54) is 58.6 Å². The molecule has 0 atom stereocenters. The molecule has 1 amide bonds. The monoisotopic (exact) mass is 499 g/mol. The van der Waals surface area contributed by atoms with Gasteiger partial charge in [-0.05, 0) is 25.1 Å². The van der Waals surface area contributed by atoms with Gasteiger partial charge in [0.2, 0.25) is 15.9 Å². The van der Waals surface area contributed by atoms with Gasteiger partial charge >= 0.3 is 0 Å². The molecule has 0 aliphatic carbocycles. The fourth-order valence-electron chi connectivity index (χ4n) is 3.81. The van der Waals surface area contributed by atoms with E-state index in [1.54, 1.807) is 0 Å². The second kappa shape index (κ2) is 9.35. The maximum absolute atomic E-state index is 12.9. The fraction of sp³-hybridized carbons (Fsp3) is 0.273. The van der Waals surface area contributed by atoms with Crippen LogP contribution in [0.1, 0.15) is 17.3 Å². The molecule has 3 aromatic rings. The Bertz CT molecular complexity index is 1490. The molecule has 1 aliphatic rings. The number of piperazine rings is 1. The molecule has 0 saturated carbocycles. The van der Waals surface area contributed by atoms with Crippen molar-refractivity contribution in [2.45, 2.75) is 18.4 Å². The highest BCUT2D eigenvalue weighted by Crippen LogP contribution is 2.19. The summed E-state index contributed by atoms with van der Waals surface area (Å²) in [6, 6.07) is 9.39. The normalized spacial score (nSPS) is 14.7. The number of nitro benzene ring substituents is 1. The van der Waals surface area contributed by atoms with Crippen LogP contribution in [0, 0.1) is 10.1 Å². The first-order valence-electron chi connectivity index (χ1n) is 10.6. The minimum atomic E-state index is -3.78. The molecule has 35 heavy (non-hydrogen) atoms. The molecule has 1 aliphatic heterocycles. The van der Waals surface area contributed by atoms with E-state index >= 15 is 0 Å². The van der Waals surface area contributed by atoms with E-state index in [4.69, 9.17) is 0 Å². The smallest absolute Gasteiger partial charge is 0.271 e. The van der Waals surface area contributed by atoms with Gasteiger partial charge in [-0.25, -0.2) is 13.4 Å². The van der Waals surface area contributed by atoms with E-state index in [2.05, 4.69) is 4.98 Å². The van der Waals surface area contributed by atoms with Gasteiger partial charge in [-0.2, -0.15) is 4.31 Å². The molecule has 1 fully saturated rings. The summed E-state index contributed by atoms with van der Waals surface area (Å²) in [6.07, 6.45) is 1.16. The molecule has 4 rings (SSSR count). The van der Waals surface area contributed by atoms with E-state index in [0.29, 0.717) is 5.56 Å². The number of Topliss-reactive ketones (excluding diaryl/α,β-unsaturated/α-hetero) is 1. The molecule has 12 nitrogen and oxygen atoms in total. The summed E-state index contributed by atoms with van der Waals surface area (Å²) >= 11 is 0. The average Bonchev–Trinajstić information content (AvgIpc) is 2.85. The molecule has 1 aromatic heterocycles. The number of amides is 1. The van der Waals surface area contributed by atoms with Crippen molar-refractivity contribution in [1.29, 1.82) is 0 Å². The fourth-order valence-corrected chi connectivity index (χ4v) is 5.23. The lowest BCUT2D eigenvalue weighted by atomic mass is 10.2. The number of ketones is 1. The summed E-state index contributed by atoms with van der Waals surface area (Å²) < 4.78 is 28.2. The topological polar surface area (TPSA) is 153 Å². The molecular weight excluding hydrogens is 478 g/mol. The average molecular weight is 500 g/mol. The van der Waals surface area contributed by atoms with Crippen molar-refractivity contribution in [3.05, 3.63) is 74.8 Å². The van der Waals surface area contributed by atoms with Crippen LogP contribution < -0.4 is 5.56 Å². The number of hydrogen-bond donors (Lipinski definition) is 0. The van der Waals surface area contributed by atoms with Gasteiger partial charge in [-0.15, -0.1) is 0 Å². The van der Waals surface area contributed by atoms with Gasteiger partial charge < -0.3 is 4.90 Å². The Morgan fingerprint density at radius 1 is 1.06 bits per heavy atom. The summed E-state index contributed by atoms with van der Waals surface area (Å²) in [5, 5.41) is 11.1. The lowest BCUT2D eigenvalue weighted by molar-refractivity contribution is -0.384. The third-order valence-electron chi connectivity index (χ3n) is 5.82. The first-order chi connectivity index (χ1) is 16.6. The number of fused-ring (bicyclic) bond motifs is 1. The van der Waals surface area contributed by atoms with E-state index in [0.717, 1.165) is 10.9 Å². The first-order valence-corrected chi connectivity index (χ1v) is 12.0. The molecule has 13 heteroatoms. The molecular formula is C22H21N5O7S. The van der Waals surface area contributed by atoms with E-state index < -0.39 is 20.5 Å². The number of aromatic nitrogens is 2. The summed E-state index contributed by atoms with van der Waals surface area (Å²) in [6.45, 7) is 1.55. The molecule has 182 valence electrons. The van der Waals surface area contributed by atoms with Crippen LogP contribution in [0.25, 0.3) is 10.9 Å². The Labute approximate surface area is 199 Å². The van der Waals surface area contributed by atoms with Crippen LogP contribution >= 0.6 is 0 Å². The number of sulfonamides is 1. The molecule has 0 spiro atoms. The number of carbonyl (C=O) groups is 2. The second-order valence-corrected chi connectivity index (χ2v) is 9.94. The highest BCUT2D eigenvalue weighted by molar-refractivity contribution is 7.89. The predicted molar refractivity (Wildman–Crippen MR) is 124 cm³/mol. The van der Waals surface area contributed by atoms with Crippen LogP contribution in [0.2, 0.25) is 0 Å². The Hall–Kier alpha value is -3.97. The van der Waals surface area contributed by atoms with Gasteiger partial charge in [0.25, 0.3) is 11.2 Å². The first kappa shape index (κ1) is 24.2. The van der Waals surface area contributed by atoms with Crippen molar-refractivity contribution in [2.75, 3.05) is 26.2 Å². The lowest BCUT2D eigenvalue weighted by Crippen LogP contribution is -2.51. The van der Waals surface area contributed by atoms with Gasteiger partial charge in [-0.3, -0.25) is 29.1 Å². The zero-order valence-electron chi connectivity index (χ0n) is 18.7. The molecule has 0 bridgehead atoms. The molecule has 2 aromatic carbocycles. The summed E-state index contributed by atoms with van der Waals surface area (Å²) in [7, 11) is -3.78. The molecule has 0 radical (unpaired) electrons. The van der Waals surface area contributed by atoms with Crippen molar-refractivity contribution < 1.29 is 22.9 Å². The van der Waals surface area contributed by atoms with Gasteiger partial charge in [0.05, 0.1) is 27.0 Å². The maximum Gasteiger partial charge on any atom is 0.271 e. The minimum Gasteiger partial charge on any atom is -0.338 e. The van der Waals surface area contributed by atoms with Crippen LogP contribution in [-0.2, 0) is 21.4 Å². The number of carbonyl (C=O) groups excluding carboxylic acids is 2. The Kier molecular flexibility index (Phi) is 6.45. The van der Waals surface area contributed by atoms with E-state index in [9.17, 15) is 32.9 Å². The van der Waals surface area contributed by atoms with Crippen molar-refractivity contribution in [3.8, 4) is 0 Å². The third kappa shape index (κ3) is 4.81. The number of non-ortho nitro benzene ring substituents is 1. The highest BCUT2D eigenvalue weighted by atomic mass is 32.2. The van der Waals surface area contributed by atoms with Gasteiger partial charge in [0.1, 0.15) is 6.54 Å². The van der Waals surface area contributed by atoms with Gasteiger partial charge in [0, 0.05) is 43.9 Å². The standard InChI is InChI=1S/C22H21N5O7S/c1-15(28)16-2-5-18(6-3-16)35(33,34)26-10-8-24(9-11-26)21(29)13-25-14-23-20-12-17(27(31)32)4-7-19(20)22(25)30/h2-7,12,14H,8-11,13H2,1H3. The van der Waals surface area contributed by atoms with Crippen LogP contribution in [0.3, 0.4) is 0 Å². The van der Waals surface area contributed by atoms with Crippen molar-refractivity contribution in [2.24, 2.45) is 0 Å². The number of rotatable bonds is 6. The van der Waals surface area contributed by atoms with E-state index in [-0.39, 0.29) is 65.9 Å². The minimum absolute atomic E-state index is 0.0660. The van der Waals surface area contributed by atoms with Crippen molar-refractivity contribution in [1.82, 2.24) is 18.8 Å². The van der Waals surface area contributed by atoms with E-state index in [1.807, 2.05) is 0 Å². The maximum atomic E-state index is 12.9. The predicted octanol–water partition coefficient (Wildman–Crippen LogP) is 1.04. The van der Waals surface area contributed by atoms with Gasteiger partial charge in [0.15, 0.2) is 5.78 Å². The zero-order chi connectivity index (χ0) is 25.3. The van der Waals surface area contributed by atoms with Crippen molar-refractivity contribution >= 4 is 38.3 Å². The SMILES string of the molecule is CC(=O)c1ccc(S(=O)(=O)N2CCN(C(=O)Cn3cnc4cc([N+](=O)[O-])ccc4c3=O)CC2)cc1. The molecule has 0 unspecified atom stereocenters. The number of nitro groups is 1. The Morgan fingerprint density at radius 3 is 2.31 bits per heavy atom. The summed E-state index contributed by atoms with van der Waals surface area (Å²) in [5.74, 6) is -0.541. The highest BCUT2D eigenvalue weighted by Gasteiger charge is 2.30.